The van der Waals surface area contributed by atoms with Crippen LogP contribution in [0, 0.1) is 0 Å². The minimum absolute atomic E-state index is 0.328. The number of phenols is 7. The zero-order valence-corrected chi connectivity index (χ0v) is 8.21. The average molecular weight is 240 g/mol. The fraction of sp³-hybridized carbons (Fsp3) is 0. The van der Waals surface area contributed by atoms with Crippen molar-refractivity contribution in [3.05, 3.63) is 6.07 Å². The molecular formula is C10H8O7. The van der Waals surface area contributed by atoms with Gasteiger partial charge in [-0.3, -0.25) is 0 Å². The van der Waals surface area contributed by atoms with Crippen LogP contribution in [0.5, 0.6) is 40.2 Å². The van der Waals surface area contributed by atoms with Gasteiger partial charge in [0.2, 0.25) is 17.2 Å². The van der Waals surface area contributed by atoms with Crippen LogP contribution in [-0.2, 0) is 0 Å². The lowest BCUT2D eigenvalue weighted by atomic mass is 10.0. The average Bonchev–Trinajstić information content (AvgIpc) is 2.30. The van der Waals surface area contributed by atoms with Gasteiger partial charge in [-0.15, -0.1) is 0 Å². The predicted molar refractivity (Wildman–Crippen MR) is 55.6 cm³/mol. The molecule has 0 aliphatic rings. The third-order valence-corrected chi connectivity index (χ3v) is 2.42. The monoisotopic (exact) mass is 240 g/mol. The molecule has 0 saturated carbocycles. The Bertz CT molecular complexity index is 625. The summed E-state index contributed by atoms with van der Waals surface area (Å²) in [5, 5.41) is 64.6. The second-order valence-electron chi connectivity index (χ2n) is 3.41. The smallest absolute Gasteiger partial charge is 0.205 e. The van der Waals surface area contributed by atoms with E-state index in [1.165, 1.54) is 0 Å². The van der Waals surface area contributed by atoms with E-state index in [1.807, 2.05) is 0 Å². The molecule has 7 nitrogen and oxygen atoms in total. The molecule has 0 aliphatic carbocycles. The van der Waals surface area contributed by atoms with Crippen LogP contribution in [0.2, 0.25) is 0 Å². The molecule has 0 radical (unpaired) electrons. The summed E-state index contributed by atoms with van der Waals surface area (Å²) < 4.78 is 0. The number of rotatable bonds is 0. The van der Waals surface area contributed by atoms with Crippen LogP contribution in [0.25, 0.3) is 10.8 Å². The van der Waals surface area contributed by atoms with Crippen molar-refractivity contribution in [2.75, 3.05) is 0 Å². The van der Waals surface area contributed by atoms with Gasteiger partial charge in [0, 0.05) is 5.39 Å². The van der Waals surface area contributed by atoms with Crippen LogP contribution >= 0.6 is 0 Å². The van der Waals surface area contributed by atoms with Crippen molar-refractivity contribution in [1.29, 1.82) is 0 Å². The maximum absolute atomic E-state index is 9.49. The standard InChI is InChI=1S/C10H8O7/c11-3-1-2-4(7(14)6(3)13)8(15)10(17)9(16)5(2)12/h1,11-17H. The number of hydrogen-bond donors (Lipinski definition) is 7. The molecule has 0 bridgehead atoms. The molecule has 0 spiro atoms. The molecule has 17 heavy (non-hydrogen) atoms. The Morgan fingerprint density at radius 3 is 1.59 bits per heavy atom. The Hall–Kier alpha value is -2.70. The van der Waals surface area contributed by atoms with E-state index < -0.39 is 45.6 Å². The molecule has 0 unspecified atom stereocenters. The van der Waals surface area contributed by atoms with Gasteiger partial charge in [0.1, 0.15) is 0 Å². The lowest BCUT2D eigenvalue weighted by molar-refractivity contribution is 0.346. The fourth-order valence-electron chi connectivity index (χ4n) is 1.54. The second kappa shape index (κ2) is 3.14. The summed E-state index contributed by atoms with van der Waals surface area (Å²) in [6, 6.07) is 0.818. The van der Waals surface area contributed by atoms with Crippen molar-refractivity contribution in [2.45, 2.75) is 0 Å². The van der Waals surface area contributed by atoms with Crippen LogP contribution < -0.4 is 0 Å². The second-order valence-corrected chi connectivity index (χ2v) is 3.41. The van der Waals surface area contributed by atoms with Gasteiger partial charge in [-0.2, -0.15) is 0 Å². The maximum Gasteiger partial charge on any atom is 0.205 e. The van der Waals surface area contributed by atoms with Crippen LogP contribution in [0.1, 0.15) is 0 Å². The van der Waals surface area contributed by atoms with E-state index in [0.29, 0.717) is 0 Å². The lowest BCUT2D eigenvalue weighted by Gasteiger charge is -2.11. The summed E-state index contributed by atoms with van der Waals surface area (Å²) in [7, 11) is 0. The molecular weight excluding hydrogens is 232 g/mol. The highest BCUT2D eigenvalue weighted by Gasteiger charge is 2.23. The molecule has 0 amide bonds. The molecule has 2 rings (SSSR count). The first-order valence-corrected chi connectivity index (χ1v) is 4.39. The van der Waals surface area contributed by atoms with Crippen molar-refractivity contribution >= 4 is 10.8 Å². The topological polar surface area (TPSA) is 142 Å². The Balaban J connectivity index is 3.12. The quantitative estimate of drug-likeness (QED) is 0.266. The molecule has 7 heteroatoms. The summed E-state index contributed by atoms with van der Waals surface area (Å²) >= 11 is 0. The van der Waals surface area contributed by atoms with Gasteiger partial charge in [-0.1, -0.05) is 0 Å². The summed E-state index contributed by atoms with van der Waals surface area (Å²) in [4.78, 5) is 0. The Kier molecular flexibility index (Phi) is 2.00. The van der Waals surface area contributed by atoms with Gasteiger partial charge in [-0.05, 0) is 6.07 Å². The van der Waals surface area contributed by atoms with Crippen molar-refractivity contribution < 1.29 is 35.7 Å². The summed E-state index contributed by atoms with van der Waals surface area (Å²) in [5.41, 5.74) is 0. The van der Waals surface area contributed by atoms with Gasteiger partial charge in [0.25, 0.3) is 0 Å². The van der Waals surface area contributed by atoms with Crippen molar-refractivity contribution in [1.82, 2.24) is 0 Å². The molecule has 0 aliphatic heterocycles. The summed E-state index contributed by atoms with van der Waals surface area (Å²) in [6.07, 6.45) is 0. The molecule has 0 saturated heterocycles. The minimum Gasteiger partial charge on any atom is -0.504 e. The maximum atomic E-state index is 9.49. The van der Waals surface area contributed by atoms with Gasteiger partial charge in [0.15, 0.2) is 23.0 Å². The van der Waals surface area contributed by atoms with Crippen molar-refractivity contribution in [3.63, 3.8) is 0 Å². The van der Waals surface area contributed by atoms with Gasteiger partial charge in [-0.25, -0.2) is 0 Å². The minimum atomic E-state index is -1.05. The van der Waals surface area contributed by atoms with Crippen LogP contribution in [0.15, 0.2) is 6.07 Å². The molecule has 0 fully saturated rings. The first kappa shape index (κ1) is 10.8. The van der Waals surface area contributed by atoms with E-state index in [9.17, 15) is 35.7 Å². The number of hydrogen-bond acceptors (Lipinski definition) is 7. The SMILES string of the molecule is Oc1cc2c(O)c(O)c(O)c(O)c2c(O)c1O. The van der Waals surface area contributed by atoms with E-state index >= 15 is 0 Å². The van der Waals surface area contributed by atoms with E-state index in [0.717, 1.165) is 6.07 Å². The van der Waals surface area contributed by atoms with E-state index in [1.54, 1.807) is 0 Å². The zero-order chi connectivity index (χ0) is 12.9. The number of phenolic OH excluding ortho intramolecular Hbond substituents is 7. The third-order valence-electron chi connectivity index (χ3n) is 2.42. The molecule has 0 heterocycles. The molecule has 0 atom stereocenters. The van der Waals surface area contributed by atoms with E-state index in [4.69, 9.17) is 0 Å². The highest BCUT2D eigenvalue weighted by molar-refractivity contribution is 6.04. The lowest BCUT2D eigenvalue weighted by Crippen LogP contribution is -1.82. The highest BCUT2D eigenvalue weighted by atomic mass is 16.3. The van der Waals surface area contributed by atoms with Crippen LogP contribution in [0.4, 0.5) is 0 Å². The van der Waals surface area contributed by atoms with Gasteiger partial charge in [0.05, 0.1) is 5.39 Å². The summed E-state index contributed by atoms with van der Waals surface area (Å²) in [5.74, 6) is -6.42. The van der Waals surface area contributed by atoms with Gasteiger partial charge < -0.3 is 35.7 Å². The third kappa shape index (κ3) is 1.22. The Morgan fingerprint density at radius 1 is 0.529 bits per heavy atom. The normalized spacial score (nSPS) is 10.8. The van der Waals surface area contributed by atoms with Crippen LogP contribution in [0.3, 0.4) is 0 Å². The van der Waals surface area contributed by atoms with Crippen molar-refractivity contribution in [2.24, 2.45) is 0 Å². The predicted octanol–water partition coefficient (Wildman–Crippen LogP) is 0.779. The highest BCUT2D eigenvalue weighted by Crippen LogP contribution is 2.54. The first-order valence-electron chi connectivity index (χ1n) is 4.39. The molecule has 2 aromatic rings. The Labute approximate surface area is 93.7 Å². The first-order chi connectivity index (χ1) is 7.86. The van der Waals surface area contributed by atoms with Crippen molar-refractivity contribution in [3.8, 4) is 40.2 Å². The molecule has 2 aromatic carbocycles. The van der Waals surface area contributed by atoms with E-state index in [-0.39, 0.29) is 5.39 Å². The number of aromatic hydroxyl groups is 7. The number of fused-ring (bicyclic) bond motifs is 1. The summed E-state index contributed by atoms with van der Waals surface area (Å²) in [6.45, 7) is 0. The van der Waals surface area contributed by atoms with E-state index in [2.05, 4.69) is 0 Å². The fourth-order valence-corrected chi connectivity index (χ4v) is 1.54. The molecule has 90 valence electrons. The molecule has 7 N–H and O–H groups in total. The zero-order valence-electron chi connectivity index (χ0n) is 8.21. The van der Waals surface area contributed by atoms with Gasteiger partial charge >= 0.3 is 0 Å². The Morgan fingerprint density at radius 2 is 1.00 bits per heavy atom. The number of benzene rings is 2. The van der Waals surface area contributed by atoms with Crippen LogP contribution in [-0.4, -0.2) is 35.7 Å². The molecule has 0 aromatic heterocycles. The largest absolute Gasteiger partial charge is 0.504 e.